The second-order valence-electron chi connectivity index (χ2n) is 9.99. The normalized spacial score (nSPS) is 23.1. The van der Waals surface area contributed by atoms with E-state index in [-0.39, 0.29) is 24.0 Å². The summed E-state index contributed by atoms with van der Waals surface area (Å²) in [6.45, 7) is 3.23. The molecule has 0 unspecified atom stereocenters. The summed E-state index contributed by atoms with van der Waals surface area (Å²) in [6, 6.07) is 2.62. The number of urea groups is 1. The highest BCUT2D eigenvalue weighted by molar-refractivity contribution is 5.75. The first kappa shape index (κ1) is 25.7. The molecule has 0 spiro atoms. The van der Waals surface area contributed by atoms with Crippen LogP contribution in [-0.2, 0) is 23.9 Å². The molecule has 0 radical (unpaired) electrons. The highest BCUT2D eigenvalue weighted by Crippen LogP contribution is 2.34. The molecule has 2 saturated heterocycles. The quantitative estimate of drug-likeness (QED) is 0.600. The summed E-state index contributed by atoms with van der Waals surface area (Å²) < 4.78 is 58.6. The largest absolute Gasteiger partial charge is 0.419 e. The smallest absolute Gasteiger partial charge is 0.381 e. The Balaban J connectivity index is 1.25. The molecule has 8 nitrogen and oxygen atoms in total. The number of rotatable bonds is 4. The van der Waals surface area contributed by atoms with Gasteiger partial charge in [-0.05, 0) is 49.6 Å². The molecule has 2 atom stereocenters. The van der Waals surface area contributed by atoms with Crippen LogP contribution in [-0.4, -0.2) is 77.8 Å². The van der Waals surface area contributed by atoms with Gasteiger partial charge < -0.3 is 25.2 Å². The number of nitrogens with one attached hydrogen (secondary N) is 2. The van der Waals surface area contributed by atoms with E-state index in [1.54, 1.807) is 11.1 Å². The van der Waals surface area contributed by atoms with Gasteiger partial charge in [0.05, 0.1) is 23.8 Å². The third-order valence-corrected chi connectivity index (χ3v) is 7.33. The number of likely N-dealkylation sites (N-methyl/N-ethyl adjacent to an activating group) is 1. The number of benzene rings is 1. The van der Waals surface area contributed by atoms with Gasteiger partial charge in [-0.2, -0.15) is 13.2 Å². The lowest BCUT2D eigenvalue weighted by Gasteiger charge is -2.31. The van der Waals surface area contributed by atoms with Gasteiger partial charge in [0.25, 0.3) is 0 Å². The molecule has 1 aromatic carbocycles. The summed E-state index contributed by atoms with van der Waals surface area (Å²) in [7, 11) is 1.86. The Hall–Kier alpha value is -2.99. The molecule has 2 N–H and O–H groups in total. The molecule has 37 heavy (non-hydrogen) atoms. The van der Waals surface area contributed by atoms with Crippen LogP contribution in [0.1, 0.15) is 41.1 Å². The zero-order chi connectivity index (χ0) is 26.2. The second-order valence-corrected chi connectivity index (χ2v) is 9.99. The van der Waals surface area contributed by atoms with Crippen molar-refractivity contribution in [3.8, 4) is 0 Å². The van der Waals surface area contributed by atoms with Crippen molar-refractivity contribution in [3.05, 3.63) is 52.6 Å². The van der Waals surface area contributed by atoms with Crippen LogP contribution in [0.5, 0.6) is 0 Å². The van der Waals surface area contributed by atoms with Gasteiger partial charge >= 0.3 is 12.2 Å². The third-order valence-electron chi connectivity index (χ3n) is 7.33. The van der Waals surface area contributed by atoms with E-state index in [2.05, 4.69) is 20.6 Å². The van der Waals surface area contributed by atoms with Crippen molar-refractivity contribution in [2.75, 3.05) is 45.2 Å². The maximum absolute atomic E-state index is 14.2. The number of ether oxygens (including phenoxy) is 1. The SMILES string of the molecule is CN1C[C@@H](NC(=O)N2CCc3cnc(NC4CCOCC4)nc3C2)[C@H](c2ccc(C(F)(F)F)c(F)c2)C1. The van der Waals surface area contributed by atoms with Gasteiger partial charge in [-0.3, -0.25) is 0 Å². The van der Waals surface area contributed by atoms with E-state index in [0.29, 0.717) is 57.3 Å². The van der Waals surface area contributed by atoms with Gasteiger partial charge in [0.1, 0.15) is 5.82 Å². The lowest BCUT2D eigenvalue weighted by Crippen LogP contribution is -2.49. The maximum Gasteiger partial charge on any atom is 0.419 e. The number of aromatic nitrogens is 2. The molecule has 1 aromatic heterocycles. The first-order valence-corrected chi connectivity index (χ1v) is 12.5. The van der Waals surface area contributed by atoms with Gasteiger partial charge in [0.15, 0.2) is 0 Å². The van der Waals surface area contributed by atoms with Gasteiger partial charge in [-0.25, -0.2) is 19.2 Å². The summed E-state index contributed by atoms with van der Waals surface area (Å²) in [5.74, 6) is -1.10. The molecule has 3 aliphatic rings. The molecule has 12 heteroatoms. The first-order valence-electron chi connectivity index (χ1n) is 12.5. The molecule has 5 rings (SSSR count). The Bertz CT molecular complexity index is 1140. The van der Waals surface area contributed by atoms with Crippen molar-refractivity contribution in [1.82, 2.24) is 25.1 Å². The minimum Gasteiger partial charge on any atom is -0.381 e. The van der Waals surface area contributed by atoms with Crippen molar-refractivity contribution in [2.45, 2.75) is 50.0 Å². The molecule has 2 fully saturated rings. The van der Waals surface area contributed by atoms with Crippen LogP contribution in [0.15, 0.2) is 24.4 Å². The minimum atomic E-state index is -4.75. The average molecular weight is 523 g/mol. The zero-order valence-electron chi connectivity index (χ0n) is 20.5. The number of likely N-dealkylation sites (tertiary alicyclic amines) is 1. The third kappa shape index (κ3) is 5.80. The van der Waals surface area contributed by atoms with E-state index in [4.69, 9.17) is 4.74 Å². The Morgan fingerprint density at radius 3 is 2.70 bits per heavy atom. The van der Waals surface area contributed by atoms with Crippen molar-refractivity contribution < 1.29 is 27.1 Å². The van der Waals surface area contributed by atoms with Gasteiger partial charge in [-0.1, -0.05) is 6.07 Å². The second kappa shape index (κ2) is 10.4. The minimum absolute atomic E-state index is 0.251. The van der Waals surface area contributed by atoms with Gasteiger partial charge in [0.2, 0.25) is 5.95 Å². The standard InChI is InChI=1S/C25H30F4N6O2/c1-34-12-18(15-2-3-19(20(26)10-15)25(27,28)29)22(13-34)33-24(36)35-7-4-16-11-30-23(32-21(16)14-35)31-17-5-8-37-9-6-17/h2-3,10-11,17-18,22H,4-9,12-14H2,1H3,(H,33,36)(H,30,31,32)/t18-,22+/m0/s1. The van der Waals surface area contributed by atoms with E-state index in [9.17, 15) is 22.4 Å². The molecular weight excluding hydrogens is 492 g/mol. The van der Waals surface area contributed by atoms with Crippen LogP contribution in [0.3, 0.4) is 0 Å². The molecule has 0 aliphatic carbocycles. The first-order chi connectivity index (χ1) is 17.7. The molecule has 3 aliphatic heterocycles. The van der Waals surface area contributed by atoms with E-state index < -0.39 is 17.6 Å². The average Bonchev–Trinajstić information content (AvgIpc) is 3.23. The van der Waals surface area contributed by atoms with Crippen molar-refractivity contribution in [2.24, 2.45) is 0 Å². The summed E-state index contributed by atoms with van der Waals surface area (Å²) in [6.07, 6.45) is -0.556. The number of alkyl halides is 3. The Kier molecular flexibility index (Phi) is 7.21. The molecule has 2 amide bonds. The molecular formula is C25H30F4N6O2. The fraction of sp³-hybridized carbons (Fsp3) is 0.560. The summed E-state index contributed by atoms with van der Waals surface area (Å²) in [4.78, 5) is 25.9. The van der Waals surface area contributed by atoms with E-state index in [0.717, 1.165) is 36.2 Å². The van der Waals surface area contributed by atoms with Crippen LogP contribution in [0, 0.1) is 5.82 Å². The number of anilines is 1. The van der Waals surface area contributed by atoms with Crippen LogP contribution in [0.25, 0.3) is 0 Å². The summed E-state index contributed by atoms with van der Waals surface area (Å²) >= 11 is 0. The van der Waals surface area contributed by atoms with E-state index in [1.165, 1.54) is 6.07 Å². The fourth-order valence-corrected chi connectivity index (χ4v) is 5.30. The lowest BCUT2D eigenvalue weighted by atomic mass is 9.93. The van der Waals surface area contributed by atoms with E-state index in [1.807, 2.05) is 11.9 Å². The Morgan fingerprint density at radius 2 is 1.97 bits per heavy atom. The van der Waals surface area contributed by atoms with Crippen molar-refractivity contribution in [1.29, 1.82) is 0 Å². The summed E-state index contributed by atoms with van der Waals surface area (Å²) in [5.41, 5.74) is 0.930. The topological polar surface area (TPSA) is 82.6 Å². The highest BCUT2D eigenvalue weighted by Gasteiger charge is 2.38. The number of nitrogens with zero attached hydrogens (tertiary/aromatic N) is 4. The van der Waals surface area contributed by atoms with Gasteiger partial charge in [-0.15, -0.1) is 0 Å². The number of halogens is 4. The number of amides is 2. The van der Waals surface area contributed by atoms with Crippen LogP contribution in [0.4, 0.5) is 28.3 Å². The number of hydrogen-bond acceptors (Lipinski definition) is 6. The molecule has 200 valence electrons. The van der Waals surface area contributed by atoms with Crippen LogP contribution >= 0.6 is 0 Å². The number of hydrogen-bond donors (Lipinski definition) is 2. The lowest BCUT2D eigenvalue weighted by molar-refractivity contribution is -0.140. The molecule has 2 aromatic rings. The monoisotopic (exact) mass is 522 g/mol. The number of carbonyl (C=O) groups excluding carboxylic acids is 1. The Morgan fingerprint density at radius 1 is 1.19 bits per heavy atom. The highest BCUT2D eigenvalue weighted by atomic mass is 19.4. The van der Waals surface area contributed by atoms with Crippen molar-refractivity contribution >= 4 is 12.0 Å². The Labute approximate surface area is 212 Å². The molecule has 4 heterocycles. The fourth-order valence-electron chi connectivity index (χ4n) is 5.30. The predicted octanol–water partition coefficient (Wildman–Crippen LogP) is 3.39. The number of carbonyl (C=O) groups is 1. The van der Waals surface area contributed by atoms with Crippen molar-refractivity contribution in [3.63, 3.8) is 0 Å². The van der Waals surface area contributed by atoms with E-state index >= 15 is 0 Å². The molecule has 0 saturated carbocycles. The predicted molar refractivity (Wildman–Crippen MR) is 128 cm³/mol. The molecule has 0 bridgehead atoms. The van der Waals surface area contributed by atoms with Crippen LogP contribution in [0.2, 0.25) is 0 Å². The number of fused-ring (bicyclic) bond motifs is 1. The summed E-state index contributed by atoms with van der Waals surface area (Å²) in [5, 5.41) is 6.38. The van der Waals surface area contributed by atoms with Crippen LogP contribution < -0.4 is 10.6 Å². The van der Waals surface area contributed by atoms with Gasteiger partial charge in [0, 0.05) is 51.0 Å². The maximum atomic E-state index is 14.2. The zero-order valence-corrected chi connectivity index (χ0v) is 20.5.